The van der Waals surface area contributed by atoms with E-state index in [1.54, 1.807) is 12.3 Å². The number of benzene rings is 2. The zero-order chi connectivity index (χ0) is 14.8. The number of hydrogen-bond donors (Lipinski definition) is 0. The number of halogens is 3. The molecular formula is C16H10BrClFNO. The van der Waals surface area contributed by atoms with Crippen LogP contribution >= 0.6 is 27.5 Å². The number of hydrogen-bond acceptors (Lipinski definition) is 2. The molecule has 0 saturated carbocycles. The summed E-state index contributed by atoms with van der Waals surface area (Å²) in [6, 6.07) is 12.0. The predicted molar refractivity (Wildman–Crippen MR) is 85.5 cm³/mol. The maximum atomic E-state index is 13.1. The Morgan fingerprint density at radius 3 is 2.62 bits per heavy atom. The number of fused-ring (bicyclic) bond motifs is 1. The molecule has 106 valence electrons. The minimum Gasteiger partial charge on any atom is -0.437 e. The summed E-state index contributed by atoms with van der Waals surface area (Å²) >= 11 is 9.21. The number of aromatic nitrogens is 1. The van der Waals surface area contributed by atoms with E-state index in [9.17, 15) is 4.39 Å². The molecule has 5 heteroatoms. The summed E-state index contributed by atoms with van der Waals surface area (Å²) in [6.07, 6.45) is 1.70. The van der Waals surface area contributed by atoms with Crippen LogP contribution in [0.1, 0.15) is 5.56 Å². The lowest BCUT2D eigenvalue weighted by Crippen LogP contribution is -1.93. The monoisotopic (exact) mass is 365 g/mol. The molecule has 21 heavy (non-hydrogen) atoms. The second-order valence-electron chi connectivity index (χ2n) is 4.44. The van der Waals surface area contributed by atoms with Crippen molar-refractivity contribution in [2.24, 2.45) is 0 Å². The minimum absolute atomic E-state index is 0.329. The largest absolute Gasteiger partial charge is 0.437 e. The van der Waals surface area contributed by atoms with Crippen LogP contribution in [0.25, 0.3) is 10.8 Å². The smallest absolute Gasteiger partial charge is 0.227 e. The van der Waals surface area contributed by atoms with Gasteiger partial charge in [0.2, 0.25) is 5.88 Å². The number of alkyl halides is 1. The average Bonchev–Trinajstić information content (AvgIpc) is 2.50. The summed E-state index contributed by atoms with van der Waals surface area (Å²) in [5, 5.41) is 1.86. The zero-order valence-corrected chi connectivity index (χ0v) is 13.2. The van der Waals surface area contributed by atoms with Gasteiger partial charge in [-0.25, -0.2) is 9.37 Å². The maximum absolute atomic E-state index is 13.1. The Kier molecular flexibility index (Phi) is 4.08. The van der Waals surface area contributed by atoms with Crippen molar-refractivity contribution in [2.45, 2.75) is 5.88 Å². The van der Waals surface area contributed by atoms with E-state index in [0.717, 1.165) is 16.3 Å². The Labute approximate surface area is 134 Å². The van der Waals surface area contributed by atoms with Crippen molar-refractivity contribution in [1.82, 2.24) is 4.98 Å². The zero-order valence-electron chi connectivity index (χ0n) is 10.8. The van der Waals surface area contributed by atoms with E-state index in [1.165, 1.54) is 12.1 Å². The van der Waals surface area contributed by atoms with Gasteiger partial charge in [0.15, 0.2) is 0 Å². The molecule has 0 aliphatic rings. The van der Waals surface area contributed by atoms with Crippen LogP contribution in [0.5, 0.6) is 11.6 Å². The van der Waals surface area contributed by atoms with Gasteiger partial charge in [0.25, 0.3) is 0 Å². The number of rotatable bonds is 3. The highest BCUT2D eigenvalue weighted by Gasteiger charge is 2.10. The van der Waals surface area contributed by atoms with Crippen molar-refractivity contribution in [2.75, 3.05) is 0 Å². The van der Waals surface area contributed by atoms with Crippen LogP contribution in [0, 0.1) is 5.82 Å². The van der Waals surface area contributed by atoms with E-state index in [-0.39, 0.29) is 5.82 Å². The standard InChI is InChI=1S/C16H10BrClFNO/c17-14-7-11(19)5-6-15(14)21-16-13-4-2-1-3-12(13)10(8-18)9-20-16/h1-7,9H,8H2. The van der Waals surface area contributed by atoms with E-state index in [1.807, 2.05) is 24.3 Å². The summed E-state index contributed by atoms with van der Waals surface area (Å²) < 4.78 is 19.5. The van der Waals surface area contributed by atoms with Crippen molar-refractivity contribution in [1.29, 1.82) is 0 Å². The highest BCUT2D eigenvalue weighted by Crippen LogP contribution is 2.34. The van der Waals surface area contributed by atoms with Crippen LogP contribution in [0.15, 0.2) is 53.1 Å². The number of ether oxygens (including phenoxy) is 1. The van der Waals surface area contributed by atoms with Crippen molar-refractivity contribution in [3.05, 3.63) is 64.5 Å². The van der Waals surface area contributed by atoms with Crippen LogP contribution in [0.2, 0.25) is 0 Å². The third kappa shape index (κ3) is 2.87. The van der Waals surface area contributed by atoms with Crippen LogP contribution in [0.4, 0.5) is 4.39 Å². The van der Waals surface area contributed by atoms with Gasteiger partial charge in [0.1, 0.15) is 11.6 Å². The molecule has 0 N–H and O–H groups in total. The molecule has 3 rings (SSSR count). The maximum Gasteiger partial charge on any atom is 0.227 e. The van der Waals surface area contributed by atoms with Crippen LogP contribution in [-0.4, -0.2) is 4.98 Å². The molecule has 1 aromatic heterocycles. The second-order valence-corrected chi connectivity index (χ2v) is 5.57. The average molecular weight is 367 g/mol. The molecule has 1 heterocycles. The topological polar surface area (TPSA) is 22.1 Å². The van der Waals surface area contributed by atoms with E-state index >= 15 is 0 Å². The SMILES string of the molecule is Fc1ccc(Oc2ncc(CCl)c3ccccc23)c(Br)c1. The molecule has 0 fully saturated rings. The van der Waals surface area contributed by atoms with E-state index in [2.05, 4.69) is 20.9 Å². The molecule has 0 unspecified atom stereocenters. The molecule has 0 spiro atoms. The molecule has 0 atom stereocenters. The highest BCUT2D eigenvalue weighted by atomic mass is 79.9. The molecule has 0 bridgehead atoms. The van der Waals surface area contributed by atoms with Gasteiger partial charge in [-0.1, -0.05) is 18.2 Å². The van der Waals surface area contributed by atoms with Crippen molar-refractivity contribution in [3.8, 4) is 11.6 Å². The Bertz CT molecular complexity index is 809. The molecule has 0 aliphatic carbocycles. The van der Waals surface area contributed by atoms with Gasteiger partial charge in [-0.3, -0.25) is 0 Å². The summed E-state index contributed by atoms with van der Waals surface area (Å²) in [4.78, 5) is 4.32. The fraction of sp³-hybridized carbons (Fsp3) is 0.0625. The molecule has 0 amide bonds. The molecule has 0 aliphatic heterocycles. The Morgan fingerprint density at radius 2 is 1.90 bits per heavy atom. The predicted octanol–water partition coefficient (Wildman–Crippen LogP) is 5.67. The second kappa shape index (κ2) is 6.00. The molecular weight excluding hydrogens is 357 g/mol. The molecule has 3 aromatic rings. The van der Waals surface area contributed by atoms with Gasteiger partial charge < -0.3 is 4.74 Å². The van der Waals surface area contributed by atoms with Crippen LogP contribution < -0.4 is 4.74 Å². The summed E-state index contributed by atoms with van der Waals surface area (Å²) in [5.41, 5.74) is 0.942. The van der Waals surface area contributed by atoms with Crippen LogP contribution in [-0.2, 0) is 5.88 Å². The van der Waals surface area contributed by atoms with E-state index in [4.69, 9.17) is 16.3 Å². The fourth-order valence-corrected chi connectivity index (χ4v) is 2.72. The number of pyridine rings is 1. The van der Waals surface area contributed by atoms with E-state index in [0.29, 0.717) is 22.0 Å². The lowest BCUT2D eigenvalue weighted by molar-refractivity contribution is 0.464. The molecule has 0 saturated heterocycles. The first-order valence-corrected chi connectivity index (χ1v) is 7.57. The Balaban J connectivity index is 2.09. The third-order valence-corrected chi connectivity index (χ3v) is 3.99. The Hall–Kier alpha value is -1.65. The van der Waals surface area contributed by atoms with Crippen molar-refractivity contribution >= 4 is 38.3 Å². The molecule has 2 aromatic carbocycles. The van der Waals surface area contributed by atoms with Gasteiger partial charge in [-0.2, -0.15) is 0 Å². The summed E-state index contributed by atoms with van der Waals surface area (Å²) in [7, 11) is 0. The Morgan fingerprint density at radius 1 is 1.14 bits per heavy atom. The number of nitrogens with zero attached hydrogens (tertiary/aromatic N) is 1. The first kappa shape index (κ1) is 14.3. The van der Waals surface area contributed by atoms with Crippen molar-refractivity contribution in [3.63, 3.8) is 0 Å². The minimum atomic E-state index is -0.329. The normalized spacial score (nSPS) is 10.8. The summed E-state index contributed by atoms with van der Waals surface area (Å²) in [5.74, 6) is 1.03. The molecule has 0 radical (unpaired) electrons. The van der Waals surface area contributed by atoms with E-state index < -0.39 is 0 Å². The van der Waals surface area contributed by atoms with Gasteiger partial charge >= 0.3 is 0 Å². The van der Waals surface area contributed by atoms with Gasteiger partial charge in [0.05, 0.1) is 4.47 Å². The first-order valence-electron chi connectivity index (χ1n) is 6.24. The fourth-order valence-electron chi connectivity index (χ4n) is 2.08. The van der Waals surface area contributed by atoms with Crippen molar-refractivity contribution < 1.29 is 9.13 Å². The third-order valence-electron chi connectivity index (χ3n) is 3.09. The quantitative estimate of drug-likeness (QED) is 0.557. The van der Waals surface area contributed by atoms with Gasteiger partial charge in [0, 0.05) is 17.5 Å². The highest BCUT2D eigenvalue weighted by molar-refractivity contribution is 9.10. The lowest BCUT2D eigenvalue weighted by atomic mass is 10.1. The lowest BCUT2D eigenvalue weighted by Gasteiger charge is -2.11. The van der Waals surface area contributed by atoms with Crippen LogP contribution in [0.3, 0.4) is 0 Å². The molecule has 2 nitrogen and oxygen atoms in total. The summed E-state index contributed by atoms with van der Waals surface area (Å²) in [6.45, 7) is 0. The first-order chi connectivity index (χ1) is 10.2. The van der Waals surface area contributed by atoms with Gasteiger partial charge in [-0.15, -0.1) is 11.6 Å². The van der Waals surface area contributed by atoms with Gasteiger partial charge in [-0.05, 0) is 51.1 Å².